The molecule has 1 aromatic heterocycles. The van der Waals surface area contributed by atoms with Gasteiger partial charge in [-0.3, -0.25) is 9.48 Å². The average molecular weight is 254 g/mol. The summed E-state index contributed by atoms with van der Waals surface area (Å²) >= 11 is 0. The molecule has 1 atom stereocenters. The maximum absolute atomic E-state index is 11.7. The van der Waals surface area contributed by atoms with Crippen LogP contribution in [0.5, 0.6) is 0 Å². The smallest absolute Gasteiger partial charge is 0.237 e. The van der Waals surface area contributed by atoms with Gasteiger partial charge in [0.25, 0.3) is 0 Å². The van der Waals surface area contributed by atoms with Crippen LogP contribution in [0, 0.1) is 0 Å². The van der Waals surface area contributed by atoms with Crippen molar-refractivity contribution in [1.82, 2.24) is 15.1 Å². The number of hydrogen-bond donors (Lipinski definition) is 2. The number of aromatic nitrogens is 2. The van der Waals surface area contributed by atoms with E-state index >= 15 is 0 Å². The number of carbonyl (C=O) groups is 1. The molecule has 1 rings (SSSR count). The maximum Gasteiger partial charge on any atom is 0.237 e. The SMILES string of the molecule is CCc1nn(C)cc1CNC(=O)C(N)CCOC. The lowest BCUT2D eigenvalue weighted by Crippen LogP contribution is -2.40. The lowest BCUT2D eigenvalue weighted by atomic mass is 10.2. The third-order valence-corrected chi connectivity index (χ3v) is 2.75. The molecule has 0 saturated heterocycles. The zero-order valence-electron chi connectivity index (χ0n) is 11.3. The number of methoxy groups -OCH3 is 1. The van der Waals surface area contributed by atoms with E-state index in [1.54, 1.807) is 11.8 Å². The summed E-state index contributed by atoms with van der Waals surface area (Å²) in [6, 6.07) is -0.522. The number of carbonyl (C=O) groups excluding carboxylic acids is 1. The highest BCUT2D eigenvalue weighted by Crippen LogP contribution is 2.06. The molecular formula is C12H22N4O2. The van der Waals surface area contributed by atoms with E-state index < -0.39 is 6.04 Å². The van der Waals surface area contributed by atoms with Crippen molar-refractivity contribution in [2.75, 3.05) is 13.7 Å². The van der Waals surface area contributed by atoms with Gasteiger partial charge >= 0.3 is 0 Å². The Labute approximate surface area is 107 Å². The summed E-state index contributed by atoms with van der Waals surface area (Å²) in [4.78, 5) is 11.7. The van der Waals surface area contributed by atoms with Gasteiger partial charge in [-0.15, -0.1) is 0 Å². The lowest BCUT2D eigenvalue weighted by Gasteiger charge is -2.11. The molecule has 6 heteroatoms. The number of ether oxygens (including phenoxy) is 1. The number of aryl methyl sites for hydroxylation is 2. The van der Waals surface area contributed by atoms with Gasteiger partial charge in [-0.2, -0.15) is 5.10 Å². The summed E-state index contributed by atoms with van der Waals surface area (Å²) in [7, 11) is 3.46. The van der Waals surface area contributed by atoms with Crippen molar-refractivity contribution in [2.24, 2.45) is 12.8 Å². The zero-order valence-corrected chi connectivity index (χ0v) is 11.3. The molecule has 1 amide bonds. The Hall–Kier alpha value is -1.40. The van der Waals surface area contributed by atoms with Crippen LogP contribution < -0.4 is 11.1 Å². The van der Waals surface area contributed by atoms with Gasteiger partial charge in [-0.25, -0.2) is 0 Å². The Balaban J connectivity index is 2.46. The predicted octanol–water partition coefficient (Wildman–Crippen LogP) is -0.0375. The summed E-state index contributed by atoms with van der Waals surface area (Å²) in [6.07, 6.45) is 3.29. The summed E-state index contributed by atoms with van der Waals surface area (Å²) in [5.41, 5.74) is 7.77. The molecule has 0 aliphatic heterocycles. The normalized spacial score (nSPS) is 12.4. The standard InChI is InChI=1S/C12H22N4O2/c1-4-11-9(8-16(2)15-11)7-14-12(17)10(13)5-6-18-3/h8,10H,4-7,13H2,1-3H3,(H,14,17). The molecule has 6 nitrogen and oxygen atoms in total. The third kappa shape index (κ3) is 4.12. The molecule has 102 valence electrons. The first-order valence-corrected chi connectivity index (χ1v) is 6.12. The van der Waals surface area contributed by atoms with Crippen molar-refractivity contribution in [3.63, 3.8) is 0 Å². The monoisotopic (exact) mass is 254 g/mol. The van der Waals surface area contributed by atoms with E-state index in [0.717, 1.165) is 17.7 Å². The Bertz CT molecular complexity index is 389. The summed E-state index contributed by atoms with van der Waals surface area (Å²) in [5, 5.41) is 7.14. The minimum atomic E-state index is -0.522. The number of nitrogens with one attached hydrogen (secondary N) is 1. The van der Waals surface area contributed by atoms with Crippen LogP contribution in [0.4, 0.5) is 0 Å². The molecule has 0 spiro atoms. The van der Waals surface area contributed by atoms with E-state index in [2.05, 4.69) is 10.4 Å². The highest BCUT2D eigenvalue weighted by atomic mass is 16.5. The van der Waals surface area contributed by atoms with Gasteiger partial charge in [-0.1, -0.05) is 6.92 Å². The van der Waals surface area contributed by atoms with Crippen molar-refractivity contribution in [1.29, 1.82) is 0 Å². The van der Waals surface area contributed by atoms with Crippen molar-refractivity contribution in [2.45, 2.75) is 32.4 Å². The second kappa shape index (κ2) is 7.13. The number of hydrogen-bond acceptors (Lipinski definition) is 4. The molecule has 1 unspecified atom stereocenters. The Morgan fingerprint density at radius 2 is 2.39 bits per heavy atom. The Morgan fingerprint density at radius 1 is 1.67 bits per heavy atom. The molecule has 0 aliphatic rings. The molecule has 0 radical (unpaired) electrons. The van der Waals surface area contributed by atoms with Crippen molar-refractivity contribution in [3.05, 3.63) is 17.5 Å². The minimum Gasteiger partial charge on any atom is -0.385 e. The van der Waals surface area contributed by atoms with Gasteiger partial charge in [0, 0.05) is 39.1 Å². The summed E-state index contributed by atoms with van der Waals surface area (Å²) in [6.45, 7) is 3.00. The number of amides is 1. The van der Waals surface area contributed by atoms with Gasteiger partial charge in [0.1, 0.15) is 0 Å². The maximum atomic E-state index is 11.7. The fraction of sp³-hybridized carbons (Fsp3) is 0.667. The molecule has 1 aromatic rings. The second-order valence-electron chi connectivity index (χ2n) is 4.23. The first-order chi connectivity index (χ1) is 8.58. The molecule has 0 fully saturated rings. The van der Waals surface area contributed by atoms with Crippen molar-refractivity contribution in [3.8, 4) is 0 Å². The third-order valence-electron chi connectivity index (χ3n) is 2.75. The fourth-order valence-corrected chi connectivity index (χ4v) is 1.72. The molecule has 0 aromatic carbocycles. The van der Waals surface area contributed by atoms with E-state index in [9.17, 15) is 4.79 Å². The minimum absolute atomic E-state index is 0.155. The van der Waals surface area contributed by atoms with Crippen LogP contribution in [0.15, 0.2) is 6.20 Å². The van der Waals surface area contributed by atoms with Crippen LogP contribution in [0.1, 0.15) is 24.6 Å². The van der Waals surface area contributed by atoms with E-state index in [1.165, 1.54) is 0 Å². The van der Waals surface area contributed by atoms with Crippen LogP contribution >= 0.6 is 0 Å². The van der Waals surface area contributed by atoms with Crippen LogP contribution in [-0.2, 0) is 29.5 Å². The lowest BCUT2D eigenvalue weighted by molar-refractivity contribution is -0.122. The molecule has 0 aliphatic carbocycles. The molecular weight excluding hydrogens is 232 g/mol. The van der Waals surface area contributed by atoms with Crippen molar-refractivity contribution >= 4 is 5.91 Å². The van der Waals surface area contributed by atoms with Gasteiger partial charge < -0.3 is 15.8 Å². The van der Waals surface area contributed by atoms with Gasteiger partial charge in [0.15, 0.2) is 0 Å². The first kappa shape index (κ1) is 14.7. The number of nitrogens with zero attached hydrogens (tertiary/aromatic N) is 2. The van der Waals surface area contributed by atoms with E-state index in [4.69, 9.17) is 10.5 Å². The molecule has 18 heavy (non-hydrogen) atoms. The molecule has 0 saturated carbocycles. The largest absolute Gasteiger partial charge is 0.385 e. The van der Waals surface area contributed by atoms with Crippen LogP contribution in [0.3, 0.4) is 0 Å². The quantitative estimate of drug-likeness (QED) is 0.715. The van der Waals surface area contributed by atoms with Crippen molar-refractivity contribution < 1.29 is 9.53 Å². The van der Waals surface area contributed by atoms with E-state index in [1.807, 2.05) is 20.2 Å². The summed E-state index contributed by atoms with van der Waals surface area (Å²) < 4.78 is 6.65. The van der Waals surface area contributed by atoms with Gasteiger partial charge in [-0.05, 0) is 12.8 Å². The summed E-state index contributed by atoms with van der Waals surface area (Å²) in [5.74, 6) is -0.155. The van der Waals surface area contributed by atoms with Gasteiger partial charge in [0.05, 0.1) is 11.7 Å². The highest BCUT2D eigenvalue weighted by molar-refractivity contribution is 5.81. The Morgan fingerprint density at radius 3 is 3.00 bits per heavy atom. The molecule has 1 heterocycles. The van der Waals surface area contributed by atoms with E-state index in [-0.39, 0.29) is 5.91 Å². The number of rotatable bonds is 7. The fourth-order valence-electron chi connectivity index (χ4n) is 1.72. The first-order valence-electron chi connectivity index (χ1n) is 6.12. The Kier molecular flexibility index (Phi) is 5.80. The van der Waals surface area contributed by atoms with Crippen LogP contribution in [0.25, 0.3) is 0 Å². The van der Waals surface area contributed by atoms with Gasteiger partial charge in [0.2, 0.25) is 5.91 Å². The van der Waals surface area contributed by atoms with Crippen LogP contribution in [-0.4, -0.2) is 35.4 Å². The molecule has 3 N–H and O–H groups in total. The molecule has 0 bridgehead atoms. The second-order valence-corrected chi connectivity index (χ2v) is 4.23. The highest BCUT2D eigenvalue weighted by Gasteiger charge is 2.14. The topological polar surface area (TPSA) is 82.2 Å². The van der Waals surface area contributed by atoms with E-state index in [0.29, 0.717) is 19.6 Å². The average Bonchev–Trinajstić information content (AvgIpc) is 2.73. The number of nitrogens with two attached hydrogens (primary N) is 1. The van der Waals surface area contributed by atoms with Crippen LogP contribution in [0.2, 0.25) is 0 Å². The predicted molar refractivity (Wildman–Crippen MR) is 68.9 cm³/mol. The zero-order chi connectivity index (χ0) is 13.5.